The first-order chi connectivity index (χ1) is 7.67. The molecule has 1 saturated heterocycles. The third-order valence-electron chi connectivity index (χ3n) is 3.27. The lowest BCUT2D eigenvalue weighted by Crippen LogP contribution is -2.46. The average molecular weight is 224 g/mol. The van der Waals surface area contributed by atoms with E-state index in [2.05, 4.69) is 29.2 Å². The molecule has 0 aromatic carbocycles. The molecule has 1 aliphatic rings. The first kappa shape index (κ1) is 11.5. The largest absolute Gasteiger partial charge is 0.394 e. The fourth-order valence-corrected chi connectivity index (χ4v) is 2.35. The van der Waals surface area contributed by atoms with Crippen LogP contribution in [0.15, 0.2) is 6.33 Å². The van der Waals surface area contributed by atoms with E-state index in [0.29, 0.717) is 6.04 Å². The molecule has 1 aliphatic heterocycles. The van der Waals surface area contributed by atoms with E-state index in [1.165, 1.54) is 0 Å². The standard InChI is InChI=1S/C11H20N4O/c1-9(2)15-10(12-8-14-15)6-11(7-16)4-3-5-13-11/h8-9,13,16H,3-7H2,1-2H3. The summed E-state index contributed by atoms with van der Waals surface area (Å²) in [6, 6.07) is 0.314. The second-order valence-corrected chi connectivity index (χ2v) is 4.86. The molecule has 2 heterocycles. The summed E-state index contributed by atoms with van der Waals surface area (Å²) < 4.78 is 1.93. The second-order valence-electron chi connectivity index (χ2n) is 4.86. The molecule has 5 nitrogen and oxygen atoms in total. The van der Waals surface area contributed by atoms with E-state index in [1.807, 2.05) is 4.68 Å². The number of hydrogen-bond acceptors (Lipinski definition) is 4. The van der Waals surface area contributed by atoms with Crippen LogP contribution >= 0.6 is 0 Å². The molecule has 5 heteroatoms. The van der Waals surface area contributed by atoms with E-state index in [1.54, 1.807) is 6.33 Å². The van der Waals surface area contributed by atoms with E-state index >= 15 is 0 Å². The van der Waals surface area contributed by atoms with Crippen LogP contribution in [-0.2, 0) is 6.42 Å². The van der Waals surface area contributed by atoms with Crippen molar-refractivity contribution in [1.82, 2.24) is 20.1 Å². The molecule has 16 heavy (non-hydrogen) atoms. The van der Waals surface area contributed by atoms with Gasteiger partial charge in [0.1, 0.15) is 12.2 Å². The lowest BCUT2D eigenvalue weighted by Gasteiger charge is -2.27. The van der Waals surface area contributed by atoms with Crippen molar-refractivity contribution >= 4 is 0 Å². The molecule has 0 radical (unpaired) electrons. The van der Waals surface area contributed by atoms with Crippen molar-refractivity contribution in [3.05, 3.63) is 12.2 Å². The van der Waals surface area contributed by atoms with Crippen LogP contribution < -0.4 is 5.32 Å². The van der Waals surface area contributed by atoms with E-state index in [-0.39, 0.29) is 12.1 Å². The molecule has 0 amide bonds. The van der Waals surface area contributed by atoms with Crippen molar-refractivity contribution in [2.24, 2.45) is 0 Å². The minimum absolute atomic E-state index is 0.165. The van der Waals surface area contributed by atoms with Crippen molar-refractivity contribution in [2.75, 3.05) is 13.2 Å². The molecule has 0 spiro atoms. The van der Waals surface area contributed by atoms with Gasteiger partial charge in [-0.25, -0.2) is 9.67 Å². The maximum Gasteiger partial charge on any atom is 0.138 e. The normalized spacial score (nSPS) is 25.5. The number of aliphatic hydroxyl groups is 1. The van der Waals surface area contributed by atoms with E-state index in [9.17, 15) is 5.11 Å². The van der Waals surface area contributed by atoms with Gasteiger partial charge in [0.25, 0.3) is 0 Å². The van der Waals surface area contributed by atoms with Gasteiger partial charge in [0, 0.05) is 18.0 Å². The quantitative estimate of drug-likeness (QED) is 0.782. The van der Waals surface area contributed by atoms with Gasteiger partial charge in [-0.05, 0) is 33.2 Å². The van der Waals surface area contributed by atoms with Gasteiger partial charge < -0.3 is 10.4 Å². The van der Waals surface area contributed by atoms with Crippen molar-refractivity contribution in [3.8, 4) is 0 Å². The van der Waals surface area contributed by atoms with Crippen molar-refractivity contribution in [3.63, 3.8) is 0 Å². The van der Waals surface area contributed by atoms with Crippen LogP contribution in [0.3, 0.4) is 0 Å². The van der Waals surface area contributed by atoms with Gasteiger partial charge >= 0.3 is 0 Å². The van der Waals surface area contributed by atoms with E-state index in [4.69, 9.17) is 0 Å². The minimum atomic E-state index is -0.181. The Kier molecular flexibility index (Phi) is 3.25. The summed E-state index contributed by atoms with van der Waals surface area (Å²) in [5.41, 5.74) is -0.181. The molecule has 1 aromatic heterocycles. The zero-order chi connectivity index (χ0) is 11.6. The fourth-order valence-electron chi connectivity index (χ4n) is 2.35. The fraction of sp³-hybridized carbons (Fsp3) is 0.818. The summed E-state index contributed by atoms with van der Waals surface area (Å²) >= 11 is 0. The van der Waals surface area contributed by atoms with Crippen molar-refractivity contribution in [1.29, 1.82) is 0 Å². The lowest BCUT2D eigenvalue weighted by molar-refractivity contribution is 0.173. The van der Waals surface area contributed by atoms with Crippen LogP contribution in [0.5, 0.6) is 0 Å². The molecular weight excluding hydrogens is 204 g/mol. The zero-order valence-electron chi connectivity index (χ0n) is 9.98. The molecule has 1 atom stereocenters. The van der Waals surface area contributed by atoms with Crippen LogP contribution in [0.2, 0.25) is 0 Å². The third kappa shape index (κ3) is 2.10. The van der Waals surface area contributed by atoms with E-state index < -0.39 is 0 Å². The van der Waals surface area contributed by atoms with E-state index in [0.717, 1.165) is 31.6 Å². The molecule has 90 valence electrons. The van der Waals surface area contributed by atoms with Gasteiger partial charge in [-0.2, -0.15) is 5.10 Å². The maximum atomic E-state index is 9.52. The molecule has 0 bridgehead atoms. The summed E-state index contributed by atoms with van der Waals surface area (Å²) in [7, 11) is 0. The highest BCUT2D eigenvalue weighted by Gasteiger charge is 2.34. The number of rotatable bonds is 4. The molecule has 2 rings (SSSR count). The van der Waals surface area contributed by atoms with Crippen LogP contribution in [0, 0.1) is 0 Å². The van der Waals surface area contributed by atoms with Gasteiger partial charge in [0.05, 0.1) is 6.61 Å². The van der Waals surface area contributed by atoms with Crippen LogP contribution in [0.25, 0.3) is 0 Å². The highest BCUT2D eigenvalue weighted by molar-refractivity contribution is 5.02. The molecule has 0 saturated carbocycles. The Labute approximate surface area is 95.9 Å². The summed E-state index contributed by atoms with van der Waals surface area (Å²) in [6.07, 6.45) is 4.47. The number of nitrogens with one attached hydrogen (secondary N) is 1. The first-order valence-corrected chi connectivity index (χ1v) is 5.91. The predicted octanol–water partition coefficient (Wildman–Crippen LogP) is 0.516. The predicted molar refractivity (Wildman–Crippen MR) is 61.2 cm³/mol. The van der Waals surface area contributed by atoms with Crippen molar-refractivity contribution in [2.45, 2.75) is 44.7 Å². The third-order valence-corrected chi connectivity index (χ3v) is 3.27. The number of nitrogens with zero attached hydrogens (tertiary/aromatic N) is 3. The highest BCUT2D eigenvalue weighted by Crippen LogP contribution is 2.23. The topological polar surface area (TPSA) is 63.0 Å². The summed E-state index contributed by atoms with van der Waals surface area (Å²) in [4.78, 5) is 4.29. The minimum Gasteiger partial charge on any atom is -0.394 e. The van der Waals surface area contributed by atoms with Gasteiger partial charge in [-0.15, -0.1) is 0 Å². The Bertz CT molecular complexity index is 342. The van der Waals surface area contributed by atoms with Crippen LogP contribution in [0.1, 0.15) is 38.6 Å². The molecule has 0 aliphatic carbocycles. The van der Waals surface area contributed by atoms with Gasteiger partial charge in [-0.3, -0.25) is 0 Å². The molecule has 1 unspecified atom stereocenters. The Balaban J connectivity index is 2.16. The maximum absolute atomic E-state index is 9.52. The van der Waals surface area contributed by atoms with Crippen molar-refractivity contribution < 1.29 is 5.11 Å². The number of aliphatic hydroxyl groups excluding tert-OH is 1. The lowest BCUT2D eigenvalue weighted by atomic mass is 9.94. The zero-order valence-corrected chi connectivity index (χ0v) is 9.98. The monoisotopic (exact) mass is 224 g/mol. The number of aromatic nitrogens is 3. The number of hydrogen-bond donors (Lipinski definition) is 2. The molecule has 1 aromatic rings. The first-order valence-electron chi connectivity index (χ1n) is 5.91. The van der Waals surface area contributed by atoms with Gasteiger partial charge in [-0.1, -0.05) is 0 Å². The summed E-state index contributed by atoms with van der Waals surface area (Å²) in [6.45, 7) is 5.33. The summed E-state index contributed by atoms with van der Waals surface area (Å²) in [5, 5.41) is 17.1. The Morgan fingerprint density at radius 2 is 2.44 bits per heavy atom. The molecule has 2 N–H and O–H groups in total. The molecular formula is C11H20N4O. The van der Waals surface area contributed by atoms with Gasteiger partial charge in [0.15, 0.2) is 0 Å². The molecule has 1 fully saturated rings. The SMILES string of the molecule is CC(C)n1ncnc1CC1(CO)CCCN1. The Morgan fingerprint density at radius 1 is 1.62 bits per heavy atom. The van der Waals surface area contributed by atoms with Crippen LogP contribution in [0.4, 0.5) is 0 Å². The van der Waals surface area contributed by atoms with Crippen LogP contribution in [-0.4, -0.2) is 38.6 Å². The Hall–Kier alpha value is -0.940. The second kappa shape index (κ2) is 4.51. The smallest absolute Gasteiger partial charge is 0.138 e. The Morgan fingerprint density at radius 3 is 3.00 bits per heavy atom. The summed E-state index contributed by atoms with van der Waals surface area (Å²) in [5.74, 6) is 0.957. The van der Waals surface area contributed by atoms with Gasteiger partial charge in [0.2, 0.25) is 0 Å². The highest BCUT2D eigenvalue weighted by atomic mass is 16.3. The average Bonchev–Trinajstić information content (AvgIpc) is 2.88.